The highest BCUT2D eigenvalue weighted by atomic mass is 127. The van der Waals surface area contributed by atoms with Gasteiger partial charge in [0, 0.05) is 5.75 Å². The van der Waals surface area contributed by atoms with Crippen LogP contribution in [0.5, 0.6) is 0 Å². The Kier molecular flexibility index (Phi) is 7.17. The number of carboxylic acids is 1. The van der Waals surface area contributed by atoms with Gasteiger partial charge in [0.15, 0.2) is 0 Å². The molecule has 0 radical (unpaired) electrons. The zero-order chi connectivity index (χ0) is 14.3. The molecule has 0 saturated heterocycles. The molecule has 1 aromatic carbocycles. The fraction of sp³-hybridized carbons (Fsp3) is 0.333. The van der Waals surface area contributed by atoms with E-state index in [4.69, 9.17) is 10.8 Å². The molecule has 0 bridgehead atoms. The average Bonchev–Trinajstić information content (AvgIpc) is 2.39. The van der Waals surface area contributed by atoms with Crippen LogP contribution in [0.25, 0.3) is 0 Å². The van der Waals surface area contributed by atoms with E-state index in [0.717, 1.165) is 5.56 Å². The first-order valence-electron chi connectivity index (χ1n) is 5.60. The van der Waals surface area contributed by atoms with Crippen LogP contribution < -0.4 is 11.1 Å². The topological polar surface area (TPSA) is 92.4 Å². The number of nitrogens with one attached hydrogen (secondary N) is 1. The van der Waals surface area contributed by atoms with Gasteiger partial charge in [0.1, 0.15) is 6.04 Å². The van der Waals surface area contributed by atoms with Crippen LogP contribution in [-0.2, 0) is 16.0 Å². The van der Waals surface area contributed by atoms with Gasteiger partial charge in [0.2, 0.25) is 5.91 Å². The normalized spacial score (nSPS) is 13.6. The van der Waals surface area contributed by atoms with Crippen LogP contribution in [0.2, 0.25) is 0 Å². The van der Waals surface area contributed by atoms with E-state index >= 15 is 0 Å². The summed E-state index contributed by atoms with van der Waals surface area (Å²) in [4.78, 5) is 22.8. The maximum Gasteiger partial charge on any atom is 0.327 e. The van der Waals surface area contributed by atoms with Crippen molar-refractivity contribution in [3.05, 3.63) is 35.9 Å². The SMILES string of the molecule is N[C@@H](Cc1ccccc1)C(=O)N[C@@H](CSI)C(=O)O. The summed E-state index contributed by atoms with van der Waals surface area (Å²) in [5.41, 5.74) is 6.72. The molecule has 104 valence electrons. The van der Waals surface area contributed by atoms with Crippen molar-refractivity contribution in [3.8, 4) is 0 Å². The molecule has 7 heteroatoms. The minimum absolute atomic E-state index is 0.305. The van der Waals surface area contributed by atoms with Crippen molar-refractivity contribution in [1.82, 2.24) is 5.32 Å². The van der Waals surface area contributed by atoms with Gasteiger partial charge in [-0.3, -0.25) is 4.79 Å². The van der Waals surface area contributed by atoms with Crippen LogP contribution in [0, 0.1) is 0 Å². The van der Waals surface area contributed by atoms with E-state index < -0.39 is 24.0 Å². The average molecular weight is 394 g/mol. The number of amides is 1. The van der Waals surface area contributed by atoms with Crippen molar-refractivity contribution < 1.29 is 14.7 Å². The summed E-state index contributed by atoms with van der Waals surface area (Å²) >= 11 is 1.99. The Balaban J connectivity index is 2.54. The third-order valence-electron chi connectivity index (χ3n) is 2.48. The van der Waals surface area contributed by atoms with Crippen LogP contribution in [0.15, 0.2) is 30.3 Å². The maximum atomic E-state index is 11.8. The maximum absolute atomic E-state index is 11.8. The van der Waals surface area contributed by atoms with Crippen LogP contribution in [0.1, 0.15) is 5.56 Å². The van der Waals surface area contributed by atoms with Crippen molar-refractivity contribution >= 4 is 42.0 Å². The predicted octanol–water partition coefficient (Wildman–Crippen LogP) is 1.21. The molecule has 0 unspecified atom stereocenters. The standard InChI is InChI=1S/C12H15IN2O3S/c13-19-7-10(12(17)18)15-11(16)9(14)6-8-4-2-1-3-5-8/h1-5,9-10H,6-7,14H2,(H,15,16)(H,17,18)/t9-,10-/m0/s1. The molecular formula is C12H15IN2O3S. The van der Waals surface area contributed by atoms with Crippen molar-refractivity contribution in [3.63, 3.8) is 0 Å². The number of rotatable bonds is 7. The Morgan fingerprint density at radius 2 is 2.00 bits per heavy atom. The van der Waals surface area contributed by atoms with Gasteiger partial charge < -0.3 is 16.2 Å². The molecule has 4 N–H and O–H groups in total. The van der Waals surface area contributed by atoms with Crippen LogP contribution in [-0.4, -0.2) is 34.8 Å². The lowest BCUT2D eigenvalue weighted by Gasteiger charge is -2.16. The van der Waals surface area contributed by atoms with E-state index in [1.54, 1.807) is 0 Å². The Bertz CT molecular complexity index is 430. The third kappa shape index (κ3) is 5.79. The zero-order valence-corrected chi connectivity index (χ0v) is 13.1. The monoisotopic (exact) mass is 394 g/mol. The van der Waals surface area contributed by atoms with Gasteiger partial charge in [-0.2, -0.15) is 0 Å². The minimum atomic E-state index is -1.05. The fourth-order valence-electron chi connectivity index (χ4n) is 1.48. The summed E-state index contributed by atoms with van der Waals surface area (Å²) < 4.78 is 0. The first-order chi connectivity index (χ1) is 9.04. The lowest BCUT2D eigenvalue weighted by Crippen LogP contribution is -2.50. The highest BCUT2D eigenvalue weighted by Crippen LogP contribution is 2.12. The van der Waals surface area contributed by atoms with Gasteiger partial charge >= 0.3 is 5.97 Å². The second kappa shape index (κ2) is 8.39. The van der Waals surface area contributed by atoms with Crippen LogP contribution >= 0.6 is 30.1 Å². The van der Waals surface area contributed by atoms with E-state index in [1.165, 1.54) is 8.93 Å². The summed E-state index contributed by atoms with van der Waals surface area (Å²) in [7, 11) is 1.33. The van der Waals surface area contributed by atoms with Crippen molar-refractivity contribution in [2.45, 2.75) is 18.5 Å². The molecule has 0 spiro atoms. The molecule has 0 aliphatic rings. The number of hydrogen-bond acceptors (Lipinski definition) is 4. The van der Waals surface area contributed by atoms with Gasteiger partial charge in [0.25, 0.3) is 0 Å². The van der Waals surface area contributed by atoms with Crippen LogP contribution in [0.4, 0.5) is 0 Å². The van der Waals surface area contributed by atoms with E-state index in [2.05, 4.69) is 5.32 Å². The Morgan fingerprint density at radius 1 is 1.37 bits per heavy atom. The highest BCUT2D eigenvalue weighted by Gasteiger charge is 2.23. The van der Waals surface area contributed by atoms with Crippen molar-refractivity contribution in [2.24, 2.45) is 5.73 Å². The summed E-state index contributed by atoms with van der Waals surface area (Å²) in [5, 5.41) is 11.4. The van der Waals surface area contributed by atoms with E-state index in [9.17, 15) is 9.59 Å². The third-order valence-corrected chi connectivity index (χ3v) is 4.02. The van der Waals surface area contributed by atoms with E-state index in [-0.39, 0.29) is 0 Å². The second-order valence-electron chi connectivity index (χ2n) is 3.97. The summed E-state index contributed by atoms with van der Waals surface area (Å²) in [5.74, 6) is -1.19. The molecular weight excluding hydrogens is 379 g/mol. The largest absolute Gasteiger partial charge is 0.480 e. The molecule has 0 aliphatic carbocycles. The van der Waals surface area contributed by atoms with Gasteiger partial charge in [-0.15, -0.1) is 0 Å². The molecule has 0 heterocycles. The molecule has 2 atom stereocenters. The fourth-order valence-corrected chi connectivity index (χ4v) is 2.91. The summed E-state index contributed by atoms with van der Waals surface area (Å²) in [6, 6.07) is 7.72. The number of carbonyl (C=O) groups is 2. The lowest BCUT2D eigenvalue weighted by molar-refractivity contribution is -0.141. The number of nitrogens with two attached hydrogens (primary N) is 1. The molecule has 5 nitrogen and oxygen atoms in total. The van der Waals surface area contributed by atoms with Gasteiger partial charge in [0.05, 0.1) is 6.04 Å². The Hall–Kier alpha value is -0.800. The van der Waals surface area contributed by atoms with Gasteiger partial charge in [-0.25, -0.2) is 4.79 Å². The molecule has 0 saturated carbocycles. The molecule has 0 fully saturated rings. The number of benzene rings is 1. The first-order valence-corrected chi connectivity index (χ1v) is 9.13. The molecule has 1 rings (SSSR count). The highest BCUT2D eigenvalue weighted by molar-refractivity contribution is 14.2. The van der Waals surface area contributed by atoms with Crippen LogP contribution in [0.3, 0.4) is 0 Å². The second-order valence-corrected chi connectivity index (χ2v) is 6.39. The Labute approximate surface area is 127 Å². The summed E-state index contributed by atoms with van der Waals surface area (Å²) in [6.07, 6.45) is 0.385. The number of carboxylic acid groups (broad SMARTS) is 1. The van der Waals surface area contributed by atoms with E-state index in [0.29, 0.717) is 12.2 Å². The van der Waals surface area contributed by atoms with Crippen molar-refractivity contribution in [2.75, 3.05) is 5.75 Å². The van der Waals surface area contributed by atoms with Gasteiger partial charge in [-0.1, -0.05) is 39.3 Å². The smallest absolute Gasteiger partial charge is 0.327 e. The van der Waals surface area contributed by atoms with E-state index in [1.807, 2.05) is 51.5 Å². The van der Waals surface area contributed by atoms with Gasteiger partial charge in [-0.05, 0) is 33.2 Å². The van der Waals surface area contributed by atoms with Crippen molar-refractivity contribution in [1.29, 1.82) is 0 Å². The molecule has 0 aliphatic heterocycles. The number of halogens is 1. The number of aliphatic carboxylic acids is 1. The number of hydrogen-bond donors (Lipinski definition) is 3. The molecule has 19 heavy (non-hydrogen) atoms. The quantitative estimate of drug-likeness (QED) is 0.605. The summed E-state index contributed by atoms with van der Waals surface area (Å²) in [6.45, 7) is 0. The minimum Gasteiger partial charge on any atom is -0.480 e. The molecule has 0 aromatic heterocycles. The Morgan fingerprint density at radius 3 is 2.53 bits per heavy atom. The lowest BCUT2D eigenvalue weighted by atomic mass is 10.1. The zero-order valence-electron chi connectivity index (χ0n) is 10.1. The first kappa shape index (κ1) is 16.3. The number of carbonyl (C=O) groups excluding carboxylic acids is 1. The molecule has 1 amide bonds. The molecule has 1 aromatic rings. The predicted molar refractivity (Wildman–Crippen MR) is 84.2 cm³/mol.